The van der Waals surface area contributed by atoms with Crippen molar-refractivity contribution in [3.63, 3.8) is 0 Å². The number of carbonyl (C=O) groups excluding carboxylic acids is 1. The maximum absolute atomic E-state index is 12.1. The van der Waals surface area contributed by atoms with Gasteiger partial charge in [0.05, 0.1) is 18.3 Å². The Balaban J connectivity index is 1.66. The smallest absolute Gasteiger partial charge is 0.228 e. The monoisotopic (exact) mass is 361 g/mol. The number of benzene rings is 1. The first-order valence-electron chi connectivity index (χ1n) is 7.38. The van der Waals surface area contributed by atoms with E-state index in [-0.39, 0.29) is 17.8 Å². The van der Waals surface area contributed by atoms with Gasteiger partial charge in [0.2, 0.25) is 16.5 Å². The second-order valence-electron chi connectivity index (χ2n) is 4.85. The summed E-state index contributed by atoms with van der Waals surface area (Å²) in [5.41, 5.74) is 0.594. The summed E-state index contributed by atoms with van der Waals surface area (Å²) in [5, 5.41) is 15.9. The molecule has 9 heteroatoms. The maximum Gasteiger partial charge on any atom is 0.228 e. The molecule has 1 aromatic carbocycles. The lowest BCUT2D eigenvalue weighted by Gasteiger charge is -2.08. The average Bonchev–Trinajstić information content (AvgIpc) is 3.02. The Labute approximate surface area is 146 Å². The number of hydrogen-bond acceptors (Lipinski definition) is 7. The van der Waals surface area contributed by atoms with Gasteiger partial charge in [-0.3, -0.25) is 14.3 Å². The van der Waals surface area contributed by atoms with Gasteiger partial charge in [-0.05, 0) is 17.9 Å². The lowest BCUT2D eigenvalue weighted by molar-refractivity contribution is -0.116. The Morgan fingerprint density at radius 1 is 1.33 bits per heavy atom. The number of aryl methyl sites for hydroxylation is 1. The first-order valence-corrected chi connectivity index (χ1v) is 9.18. The third-order valence-electron chi connectivity index (χ3n) is 3.23. The van der Waals surface area contributed by atoms with Crippen molar-refractivity contribution in [1.82, 2.24) is 20.0 Å². The van der Waals surface area contributed by atoms with Crippen LogP contribution in [0.3, 0.4) is 0 Å². The van der Waals surface area contributed by atoms with Crippen LogP contribution in [0.1, 0.15) is 13.3 Å². The van der Waals surface area contributed by atoms with Gasteiger partial charge in [0.1, 0.15) is 0 Å². The van der Waals surface area contributed by atoms with Crippen molar-refractivity contribution in [2.45, 2.75) is 24.2 Å². The van der Waals surface area contributed by atoms with Crippen LogP contribution >= 0.6 is 23.1 Å². The minimum atomic E-state index is -0.163. The molecule has 1 N–H and O–H groups in total. The molecule has 0 aliphatic rings. The van der Waals surface area contributed by atoms with E-state index in [4.69, 9.17) is 0 Å². The molecule has 3 rings (SSSR count). The zero-order valence-electron chi connectivity index (χ0n) is 12.9. The highest BCUT2D eigenvalue weighted by Gasteiger charge is 2.10. The Hall–Kier alpha value is -2.26. The van der Waals surface area contributed by atoms with Crippen molar-refractivity contribution >= 4 is 45.0 Å². The predicted molar refractivity (Wildman–Crippen MR) is 95.6 cm³/mol. The number of anilines is 1. The number of nitrogens with zero attached hydrogens (tertiary/aromatic N) is 4. The molecule has 0 saturated heterocycles. The number of hydrogen-bond donors (Lipinski definition) is 1. The fourth-order valence-corrected chi connectivity index (χ4v) is 3.84. The van der Waals surface area contributed by atoms with E-state index in [1.165, 1.54) is 17.5 Å². The van der Waals surface area contributed by atoms with Gasteiger partial charge >= 0.3 is 0 Å². The zero-order chi connectivity index (χ0) is 16.9. The van der Waals surface area contributed by atoms with Gasteiger partial charge in [0, 0.05) is 11.8 Å². The molecule has 3 aromatic rings. The number of amides is 1. The number of fused-ring (bicyclic) bond motifs is 1. The molecule has 0 atom stereocenters. The van der Waals surface area contributed by atoms with E-state index in [1.54, 1.807) is 22.5 Å². The molecule has 0 saturated carbocycles. The number of carbonyl (C=O) groups is 1. The maximum atomic E-state index is 12.1. The summed E-state index contributed by atoms with van der Waals surface area (Å²) >= 11 is 2.94. The number of para-hydroxylation sites is 1. The van der Waals surface area contributed by atoms with E-state index in [0.717, 1.165) is 15.6 Å². The molecule has 0 aliphatic carbocycles. The van der Waals surface area contributed by atoms with Gasteiger partial charge < -0.3 is 5.32 Å². The second kappa shape index (κ2) is 7.54. The van der Waals surface area contributed by atoms with Crippen LogP contribution in [-0.2, 0) is 11.3 Å². The van der Waals surface area contributed by atoms with Crippen molar-refractivity contribution in [3.8, 4) is 0 Å². The molecule has 0 radical (unpaired) electrons. The average molecular weight is 361 g/mol. The summed E-state index contributed by atoms with van der Waals surface area (Å²) in [4.78, 5) is 23.9. The lowest BCUT2D eigenvalue weighted by atomic mass is 10.2. The van der Waals surface area contributed by atoms with Gasteiger partial charge in [-0.2, -0.15) is 5.10 Å². The summed E-state index contributed by atoms with van der Waals surface area (Å²) < 4.78 is 2.50. The molecule has 0 bridgehead atoms. The summed E-state index contributed by atoms with van der Waals surface area (Å²) in [6.45, 7) is 2.41. The molecule has 0 aliphatic heterocycles. The summed E-state index contributed by atoms with van der Waals surface area (Å²) in [6.07, 6.45) is 1.51. The van der Waals surface area contributed by atoms with Gasteiger partial charge in [-0.1, -0.05) is 42.2 Å². The fourth-order valence-electron chi connectivity index (χ4n) is 2.17. The Bertz CT molecular complexity index is 921. The molecule has 2 aromatic heterocycles. The summed E-state index contributed by atoms with van der Waals surface area (Å²) in [6, 6.07) is 7.22. The van der Waals surface area contributed by atoms with Crippen LogP contribution in [0.15, 0.2) is 39.6 Å². The molecule has 7 nitrogen and oxygen atoms in total. The highest BCUT2D eigenvalue weighted by atomic mass is 32.2. The molecular weight excluding hydrogens is 346 g/mol. The van der Waals surface area contributed by atoms with Gasteiger partial charge in [0.15, 0.2) is 4.34 Å². The van der Waals surface area contributed by atoms with Crippen LogP contribution in [0.5, 0.6) is 0 Å². The predicted octanol–water partition coefficient (Wildman–Crippen LogP) is 2.39. The van der Waals surface area contributed by atoms with Crippen molar-refractivity contribution in [2.24, 2.45) is 0 Å². The molecular formula is C15H15N5O2S2. The van der Waals surface area contributed by atoms with E-state index in [2.05, 4.69) is 20.6 Å². The molecule has 0 unspecified atom stereocenters. The normalized spacial score (nSPS) is 10.9. The molecule has 0 spiro atoms. The Morgan fingerprint density at radius 3 is 3.00 bits per heavy atom. The third-order valence-corrected chi connectivity index (χ3v) is 5.09. The van der Waals surface area contributed by atoms with Gasteiger partial charge in [-0.15, -0.1) is 10.2 Å². The summed E-state index contributed by atoms with van der Waals surface area (Å²) in [7, 11) is 0. The largest absolute Gasteiger partial charge is 0.300 e. The Morgan fingerprint density at radius 2 is 2.17 bits per heavy atom. The lowest BCUT2D eigenvalue weighted by Crippen LogP contribution is -2.17. The second-order valence-corrected chi connectivity index (χ2v) is 7.34. The van der Waals surface area contributed by atoms with Crippen LogP contribution < -0.4 is 10.7 Å². The molecule has 1 amide bonds. The fraction of sp³-hybridized carbons (Fsp3) is 0.267. The first-order chi connectivity index (χ1) is 11.7. The van der Waals surface area contributed by atoms with E-state index < -0.39 is 0 Å². The van der Waals surface area contributed by atoms with Crippen LogP contribution in [0, 0.1) is 0 Å². The highest BCUT2D eigenvalue weighted by molar-refractivity contribution is 8.01. The van der Waals surface area contributed by atoms with Crippen molar-refractivity contribution in [3.05, 3.63) is 40.7 Å². The molecule has 124 valence electrons. The zero-order valence-corrected chi connectivity index (χ0v) is 14.6. The highest BCUT2D eigenvalue weighted by Crippen LogP contribution is 2.25. The Kier molecular flexibility index (Phi) is 5.21. The number of nitrogens with one attached hydrogen (secondary N) is 1. The minimum Gasteiger partial charge on any atom is -0.300 e. The first kappa shape index (κ1) is 16.6. The molecule has 0 fully saturated rings. The number of thioether (sulfide) groups is 1. The van der Waals surface area contributed by atoms with Crippen molar-refractivity contribution in [1.29, 1.82) is 0 Å². The van der Waals surface area contributed by atoms with Crippen LogP contribution in [-0.4, -0.2) is 31.6 Å². The van der Waals surface area contributed by atoms with E-state index in [1.807, 2.05) is 25.1 Å². The topological polar surface area (TPSA) is 89.8 Å². The van der Waals surface area contributed by atoms with E-state index in [9.17, 15) is 9.59 Å². The van der Waals surface area contributed by atoms with Crippen LogP contribution in [0.2, 0.25) is 0 Å². The quantitative estimate of drug-likeness (QED) is 0.536. The van der Waals surface area contributed by atoms with Gasteiger partial charge in [0.25, 0.3) is 0 Å². The summed E-state index contributed by atoms with van der Waals surface area (Å²) in [5.74, 6) is 0.747. The number of aromatic nitrogens is 4. The number of rotatable bonds is 6. The van der Waals surface area contributed by atoms with E-state index >= 15 is 0 Å². The molecule has 24 heavy (non-hydrogen) atoms. The standard InChI is InChI=1S/C15H15N5O2S2/c1-2-23-15-19-18-14(24-15)17-13(22)7-8-20-11-6-4-3-5-10(11)12(21)9-16-20/h3-6,9H,2,7-8H2,1H3,(H,17,18,22). The van der Waals surface area contributed by atoms with Crippen molar-refractivity contribution < 1.29 is 4.79 Å². The minimum absolute atomic E-state index is 0.124. The molecule has 2 heterocycles. The van der Waals surface area contributed by atoms with Crippen molar-refractivity contribution in [2.75, 3.05) is 11.1 Å². The van der Waals surface area contributed by atoms with Gasteiger partial charge in [-0.25, -0.2) is 0 Å². The SMILES string of the molecule is CCSc1nnc(NC(=O)CCn2ncc(=O)c3ccccc32)s1. The van der Waals surface area contributed by atoms with E-state index in [0.29, 0.717) is 17.1 Å². The van der Waals surface area contributed by atoms with Crippen LogP contribution in [0.25, 0.3) is 10.9 Å². The van der Waals surface area contributed by atoms with Crippen LogP contribution in [0.4, 0.5) is 5.13 Å². The third kappa shape index (κ3) is 3.80.